The quantitative estimate of drug-likeness (QED) is 0.0193. The van der Waals surface area contributed by atoms with Gasteiger partial charge >= 0.3 is 18.0 Å². The minimum absolute atomic E-state index is 0.0170. The largest absolute Gasteiger partial charge is 0.479 e. The number of aliphatic hydroxyl groups is 4. The second kappa shape index (κ2) is 38.8. The molecule has 0 unspecified atom stereocenters. The number of ketones is 1. The van der Waals surface area contributed by atoms with E-state index in [1.807, 2.05) is 24.3 Å². The number of nitrogens with one attached hydrogen (secondary N) is 4. The number of nitrogens with two attached hydrogens (primary N) is 1. The molecule has 101 heavy (non-hydrogen) atoms. The lowest BCUT2D eigenvalue weighted by Gasteiger charge is -2.38. The number of fused-ring (bicyclic) bond motifs is 5. The van der Waals surface area contributed by atoms with Gasteiger partial charge in [-0.15, -0.1) is 0 Å². The van der Waals surface area contributed by atoms with Crippen molar-refractivity contribution in [1.29, 1.82) is 0 Å². The van der Waals surface area contributed by atoms with Gasteiger partial charge in [-0.1, -0.05) is 52.0 Å². The number of aliphatic hydroxyl groups excluding tert-OH is 3. The fraction of sp³-hybridized carbons (Fsp3) is 0.594. The van der Waals surface area contributed by atoms with Crippen molar-refractivity contribution in [3.63, 3.8) is 0 Å². The molecule has 11 N–H and O–H groups in total. The molecule has 9 atom stereocenters. The number of amides is 5. The second-order valence-electron chi connectivity index (χ2n) is 25.2. The van der Waals surface area contributed by atoms with Crippen molar-refractivity contribution in [1.82, 2.24) is 30.4 Å². The number of anilines is 1. The summed E-state index contributed by atoms with van der Waals surface area (Å²) >= 11 is 0. The number of hydrogen-bond donors (Lipinski definition) is 10. The third-order valence-electron chi connectivity index (χ3n) is 17.3. The first-order valence-electron chi connectivity index (χ1n) is 33.8. The summed E-state index contributed by atoms with van der Waals surface area (Å²) in [5.74, 6) is -7.49. The molecule has 5 amide bonds. The molecule has 32 nitrogen and oxygen atoms in total. The predicted molar refractivity (Wildman–Crippen MR) is 360 cm³/mol. The van der Waals surface area contributed by atoms with Gasteiger partial charge in [0.15, 0.2) is 17.5 Å². The number of aromatic nitrogens is 2. The molecule has 7 rings (SSSR count). The van der Waals surface area contributed by atoms with E-state index < -0.39 is 132 Å². The highest BCUT2D eigenvalue weighted by molar-refractivity contribution is 5.98. The predicted octanol–water partition coefficient (Wildman–Crippen LogP) is 1.07. The number of carbonyl (C=O) groups excluding carboxylic acids is 7. The van der Waals surface area contributed by atoms with E-state index in [1.54, 1.807) is 47.8 Å². The Labute approximate surface area is 584 Å². The number of methoxy groups -OCH3 is 1. The van der Waals surface area contributed by atoms with Gasteiger partial charge < -0.3 is 109 Å². The molecule has 1 saturated heterocycles. The van der Waals surface area contributed by atoms with Gasteiger partial charge in [0.1, 0.15) is 43.3 Å². The summed E-state index contributed by atoms with van der Waals surface area (Å²) in [6, 6.07) is 10.4. The Morgan fingerprint density at radius 1 is 0.792 bits per heavy atom. The number of aliphatic carboxylic acids is 1. The number of benzene rings is 2. The third-order valence-corrected chi connectivity index (χ3v) is 17.3. The number of cyclic esters (lactones) is 1. The molecule has 4 aromatic rings. The van der Waals surface area contributed by atoms with E-state index >= 15 is 0 Å². The summed E-state index contributed by atoms with van der Waals surface area (Å²) in [7, 11) is 1.58. The zero-order chi connectivity index (χ0) is 73.5. The number of carbonyl (C=O) groups is 8. The van der Waals surface area contributed by atoms with Crippen molar-refractivity contribution in [3.05, 3.63) is 86.7 Å². The number of pyridine rings is 2. The Morgan fingerprint density at radius 3 is 2.12 bits per heavy atom. The van der Waals surface area contributed by atoms with Crippen LogP contribution >= 0.6 is 0 Å². The minimum Gasteiger partial charge on any atom is -0.479 e. The number of para-hydroxylation sites is 1. The van der Waals surface area contributed by atoms with Crippen molar-refractivity contribution < 1.29 is 111 Å². The van der Waals surface area contributed by atoms with Crippen molar-refractivity contribution in [3.8, 4) is 17.1 Å². The number of carboxylic acid groups (broad SMARTS) is 1. The van der Waals surface area contributed by atoms with E-state index in [0.29, 0.717) is 62.0 Å². The Kier molecular flexibility index (Phi) is 30.8. The van der Waals surface area contributed by atoms with E-state index in [9.17, 15) is 68.7 Å². The topological polar surface area (TPSA) is 442 Å². The minimum atomic E-state index is -2.08. The van der Waals surface area contributed by atoms with E-state index in [0.717, 1.165) is 10.9 Å². The van der Waals surface area contributed by atoms with Crippen LogP contribution in [-0.4, -0.2) is 236 Å². The highest BCUT2D eigenvalue weighted by Gasteiger charge is 2.49. The zero-order valence-corrected chi connectivity index (χ0v) is 58.1. The molecule has 0 saturated carbocycles. The summed E-state index contributed by atoms with van der Waals surface area (Å²) < 4.78 is 56.2. The number of carboxylic acids is 1. The van der Waals surface area contributed by atoms with Crippen LogP contribution in [0.1, 0.15) is 101 Å². The van der Waals surface area contributed by atoms with Crippen LogP contribution in [0.3, 0.4) is 0 Å². The van der Waals surface area contributed by atoms with E-state index in [-0.39, 0.29) is 126 Å². The molecule has 3 aliphatic rings. The molecule has 0 aliphatic carbocycles. The lowest BCUT2D eigenvalue weighted by atomic mass is 9.86. The molecule has 556 valence electrons. The van der Waals surface area contributed by atoms with Gasteiger partial charge in [0, 0.05) is 74.5 Å². The lowest BCUT2D eigenvalue weighted by molar-refractivity contribution is -0.271. The SMILES string of the molecule is CC[C@@]1(O)C(=O)OCc2c1cc1n(c2=O)Cc2c-1nc1ccccc1c2CCN(C(=O)OCc1ccc(NC(=O)[C@H](C)CC(=O)[C@@H](NC(=O)CC[C@@H](NC(=O)CCOCCOCCN)C(=O)NCCOCCOCCOCCOC)C(C)C)c(O[C@@H]2O[C@H](C(=O)O)[C@@H](O)[C@H](O)[C@H]2O)c1)C(C)C. The highest BCUT2D eigenvalue weighted by atomic mass is 16.7. The normalized spacial score (nSPS) is 19.3. The average Bonchev–Trinajstić information content (AvgIpc) is 1.62. The van der Waals surface area contributed by atoms with E-state index in [1.165, 1.54) is 34.6 Å². The van der Waals surface area contributed by atoms with Crippen LogP contribution in [0.4, 0.5) is 10.5 Å². The van der Waals surface area contributed by atoms with Crippen LogP contribution in [0.5, 0.6) is 5.75 Å². The first kappa shape index (κ1) is 80.2. The number of esters is 1. The number of rotatable bonds is 42. The molecule has 0 spiro atoms. The van der Waals surface area contributed by atoms with Crippen molar-refractivity contribution in [2.45, 2.75) is 154 Å². The van der Waals surface area contributed by atoms with Crippen LogP contribution in [0.2, 0.25) is 0 Å². The zero-order valence-electron chi connectivity index (χ0n) is 58.1. The van der Waals surface area contributed by atoms with Crippen molar-refractivity contribution in [2.75, 3.05) is 105 Å². The average molecular weight is 1420 g/mol. The molecule has 3 aliphatic heterocycles. The summed E-state index contributed by atoms with van der Waals surface area (Å²) in [4.78, 5) is 128. The molecule has 0 bridgehead atoms. The molecule has 0 radical (unpaired) electrons. The fourth-order valence-electron chi connectivity index (χ4n) is 11.6. The van der Waals surface area contributed by atoms with Gasteiger partial charge in [-0.25, -0.2) is 19.4 Å². The van der Waals surface area contributed by atoms with E-state index in [2.05, 4.69) is 21.3 Å². The Bertz CT molecular complexity index is 3570. The lowest BCUT2D eigenvalue weighted by Crippen LogP contribution is -2.61. The van der Waals surface area contributed by atoms with Crippen molar-refractivity contribution in [2.24, 2.45) is 17.6 Å². The number of nitrogens with zero attached hydrogens (tertiary/aromatic N) is 3. The van der Waals surface area contributed by atoms with Gasteiger partial charge in [-0.05, 0) is 74.4 Å². The Balaban J connectivity index is 1.00. The second-order valence-corrected chi connectivity index (χ2v) is 25.2. The van der Waals surface area contributed by atoms with Gasteiger partial charge in [-0.3, -0.25) is 28.8 Å². The monoisotopic (exact) mass is 1420 g/mol. The number of ether oxygens (including phenoxy) is 10. The number of Topliss-reactive ketones (excluding diaryl/α,β-unsaturated/α-hetero) is 1. The van der Waals surface area contributed by atoms with Crippen LogP contribution in [0.15, 0.2) is 53.3 Å². The van der Waals surface area contributed by atoms with Gasteiger partial charge in [0.25, 0.3) is 5.56 Å². The van der Waals surface area contributed by atoms with Gasteiger partial charge in [0.05, 0.1) is 113 Å². The first-order chi connectivity index (χ1) is 48.3. The molecular weight excluding hydrogens is 1320 g/mol. The molecule has 2 aromatic carbocycles. The van der Waals surface area contributed by atoms with E-state index in [4.69, 9.17) is 58.1 Å². The summed E-state index contributed by atoms with van der Waals surface area (Å²) in [6.45, 7) is 13.0. The first-order valence-corrected chi connectivity index (χ1v) is 33.8. The van der Waals surface area contributed by atoms with Crippen LogP contribution in [0.25, 0.3) is 22.3 Å². The number of hydrogen-bond acceptors (Lipinski definition) is 25. The maximum absolute atomic E-state index is 14.2. The summed E-state index contributed by atoms with van der Waals surface area (Å²) in [5.41, 5.74) is 6.42. The standard InChI is InChI=1S/C69H96N8O24/c1-8-69(91)47-35-51-57-45(36-77(51)64(86)46(47)38-98-67(69)89)43(44-11-9-10-12-48(44)73-57)17-21-76(40(4)5)68(90)99-37-42-13-14-49(53(34-42)100-66-60(83)58(81)59(82)61(101-66)65(87)88)74-62(84)41(6)33-52(78)56(39(2)3)75-54(79)16-15-50(72-55(80)18-22-93-27-28-94-23-19-70)63(85)71-20-24-95-29-30-97-32-31-96-26-25-92-7/h9-14,34-35,39-41,50,56,58-61,66,81-83,91H,8,15-33,36-38,70H2,1-7H3,(H,71,85)(H,72,80)(H,74,84)(H,75,79)(H,87,88)/t41-,50-,56+,58+,59+,60-,61+,66-,69+/m1/s1. The summed E-state index contributed by atoms with van der Waals surface area (Å²) in [5, 5.41) is 65.0. The van der Waals surface area contributed by atoms with Gasteiger partial charge in [-0.2, -0.15) is 0 Å². The molecular formula is C69H96N8O24. The van der Waals surface area contributed by atoms with Crippen LogP contribution in [-0.2, 0) is 108 Å². The molecule has 5 heterocycles. The third kappa shape index (κ3) is 21.5. The molecule has 1 fully saturated rings. The smallest absolute Gasteiger partial charge is 0.410 e. The van der Waals surface area contributed by atoms with Crippen LogP contribution in [0, 0.1) is 11.8 Å². The molecule has 32 heteroatoms. The maximum Gasteiger partial charge on any atom is 0.410 e. The molecule has 2 aromatic heterocycles. The Morgan fingerprint density at radius 2 is 1.46 bits per heavy atom. The highest BCUT2D eigenvalue weighted by Crippen LogP contribution is 2.41. The van der Waals surface area contributed by atoms with Crippen molar-refractivity contribution >= 4 is 64.0 Å². The summed E-state index contributed by atoms with van der Waals surface area (Å²) in [6.07, 6.45) is -11.8. The maximum atomic E-state index is 14.2. The Hall–Kier alpha value is -8.12. The van der Waals surface area contributed by atoms with Crippen LogP contribution < -0.4 is 37.3 Å². The fourth-order valence-corrected chi connectivity index (χ4v) is 11.6. The van der Waals surface area contributed by atoms with Gasteiger partial charge in [0.2, 0.25) is 29.9 Å².